The minimum absolute atomic E-state index is 0.0376. The van der Waals surface area contributed by atoms with Crippen molar-refractivity contribution in [1.82, 2.24) is 4.90 Å². The van der Waals surface area contributed by atoms with E-state index in [9.17, 15) is 9.59 Å². The van der Waals surface area contributed by atoms with Crippen molar-refractivity contribution in [2.75, 3.05) is 32.1 Å². The van der Waals surface area contributed by atoms with Crippen LogP contribution in [0.15, 0.2) is 18.2 Å². The largest absolute Gasteiger partial charge is 0.495 e. The summed E-state index contributed by atoms with van der Waals surface area (Å²) in [5.74, 6) is -0.659. The van der Waals surface area contributed by atoms with Crippen LogP contribution >= 0.6 is 11.6 Å². The number of piperidine rings is 1. The van der Waals surface area contributed by atoms with Crippen LogP contribution in [0.25, 0.3) is 0 Å². The zero-order valence-electron chi connectivity index (χ0n) is 13.0. The standard InChI is InChI=1S/C16H21ClN2O4/c1-23-14-5-4-12(17)9-13(14)18-7-6-15(20)19-8-2-3-11(10-19)16(21)22/h4-5,9,11,18H,2-3,6-8,10H2,1H3,(H,21,22). The lowest BCUT2D eigenvalue weighted by molar-refractivity contribution is -0.145. The molecule has 1 amide bonds. The van der Waals surface area contributed by atoms with Gasteiger partial charge in [-0.2, -0.15) is 0 Å². The van der Waals surface area contributed by atoms with Gasteiger partial charge in [0.1, 0.15) is 5.75 Å². The van der Waals surface area contributed by atoms with Crippen LogP contribution in [0.5, 0.6) is 5.75 Å². The van der Waals surface area contributed by atoms with Gasteiger partial charge < -0.3 is 20.1 Å². The predicted octanol–water partition coefficient (Wildman–Crippen LogP) is 2.47. The summed E-state index contributed by atoms with van der Waals surface area (Å²) in [7, 11) is 1.57. The van der Waals surface area contributed by atoms with Gasteiger partial charge >= 0.3 is 5.97 Å². The molecule has 0 spiro atoms. The van der Waals surface area contributed by atoms with Crippen LogP contribution in [0.2, 0.25) is 5.02 Å². The van der Waals surface area contributed by atoms with Crippen LogP contribution in [0.4, 0.5) is 5.69 Å². The van der Waals surface area contributed by atoms with E-state index in [1.165, 1.54) is 0 Å². The highest BCUT2D eigenvalue weighted by Gasteiger charge is 2.27. The Bertz CT molecular complexity index is 579. The average Bonchev–Trinajstić information content (AvgIpc) is 2.55. The summed E-state index contributed by atoms with van der Waals surface area (Å²) < 4.78 is 5.23. The molecule has 1 unspecified atom stereocenters. The van der Waals surface area contributed by atoms with Crippen LogP contribution in [0.1, 0.15) is 19.3 Å². The Morgan fingerprint density at radius 2 is 2.26 bits per heavy atom. The molecule has 6 nitrogen and oxygen atoms in total. The number of rotatable bonds is 6. The summed E-state index contributed by atoms with van der Waals surface area (Å²) >= 11 is 5.96. The first-order chi connectivity index (χ1) is 11.0. The molecule has 1 atom stereocenters. The molecule has 0 aliphatic carbocycles. The Morgan fingerprint density at radius 3 is 2.96 bits per heavy atom. The predicted molar refractivity (Wildman–Crippen MR) is 88.1 cm³/mol. The van der Waals surface area contributed by atoms with Gasteiger partial charge in [0.15, 0.2) is 0 Å². The van der Waals surface area contributed by atoms with E-state index in [0.717, 1.165) is 12.1 Å². The van der Waals surface area contributed by atoms with Crippen molar-refractivity contribution in [1.29, 1.82) is 0 Å². The fraction of sp³-hybridized carbons (Fsp3) is 0.500. The second-order valence-corrected chi connectivity index (χ2v) is 5.97. The maximum Gasteiger partial charge on any atom is 0.308 e. The van der Waals surface area contributed by atoms with E-state index in [2.05, 4.69) is 5.32 Å². The molecule has 1 fully saturated rings. The number of halogens is 1. The number of nitrogens with zero attached hydrogens (tertiary/aromatic N) is 1. The molecule has 7 heteroatoms. The summed E-state index contributed by atoms with van der Waals surface area (Å²) in [5, 5.41) is 12.8. The van der Waals surface area contributed by atoms with E-state index in [-0.39, 0.29) is 5.91 Å². The van der Waals surface area contributed by atoms with Gasteiger partial charge in [0.2, 0.25) is 5.91 Å². The summed E-state index contributed by atoms with van der Waals surface area (Å²) in [5.41, 5.74) is 0.731. The molecule has 1 heterocycles. The monoisotopic (exact) mass is 340 g/mol. The van der Waals surface area contributed by atoms with Gasteiger partial charge in [-0.15, -0.1) is 0 Å². The van der Waals surface area contributed by atoms with Crippen LogP contribution in [-0.4, -0.2) is 48.6 Å². The molecule has 0 saturated carbocycles. The van der Waals surface area contributed by atoms with Crippen LogP contribution in [-0.2, 0) is 9.59 Å². The van der Waals surface area contributed by atoms with E-state index in [1.54, 1.807) is 30.2 Å². The third-order valence-electron chi connectivity index (χ3n) is 3.94. The smallest absolute Gasteiger partial charge is 0.308 e. The highest BCUT2D eigenvalue weighted by molar-refractivity contribution is 6.30. The molecular weight excluding hydrogens is 320 g/mol. The van der Waals surface area contributed by atoms with Crippen molar-refractivity contribution in [3.63, 3.8) is 0 Å². The van der Waals surface area contributed by atoms with Crippen molar-refractivity contribution in [3.8, 4) is 5.75 Å². The number of anilines is 1. The second kappa shape index (κ2) is 8.06. The first-order valence-electron chi connectivity index (χ1n) is 7.59. The van der Waals surface area contributed by atoms with Gasteiger partial charge in [0, 0.05) is 31.1 Å². The van der Waals surface area contributed by atoms with Gasteiger partial charge in [0.25, 0.3) is 0 Å². The number of nitrogens with one attached hydrogen (secondary N) is 1. The fourth-order valence-electron chi connectivity index (χ4n) is 2.69. The lowest BCUT2D eigenvalue weighted by Gasteiger charge is -2.30. The van der Waals surface area contributed by atoms with Crippen molar-refractivity contribution in [2.24, 2.45) is 5.92 Å². The van der Waals surface area contributed by atoms with E-state index >= 15 is 0 Å². The highest BCUT2D eigenvalue weighted by atomic mass is 35.5. The fourth-order valence-corrected chi connectivity index (χ4v) is 2.86. The van der Waals surface area contributed by atoms with Crippen molar-refractivity contribution >= 4 is 29.2 Å². The number of aliphatic carboxylic acids is 1. The van der Waals surface area contributed by atoms with E-state index in [0.29, 0.717) is 43.2 Å². The molecule has 23 heavy (non-hydrogen) atoms. The number of hydrogen-bond donors (Lipinski definition) is 2. The maximum absolute atomic E-state index is 12.2. The molecule has 1 saturated heterocycles. The number of likely N-dealkylation sites (tertiary alicyclic amines) is 1. The number of carboxylic acid groups (broad SMARTS) is 1. The van der Waals surface area contributed by atoms with Gasteiger partial charge in [0.05, 0.1) is 18.7 Å². The summed E-state index contributed by atoms with van der Waals surface area (Å²) in [6.07, 6.45) is 1.66. The normalized spacial score (nSPS) is 17.7. The maximum atomic E-state index is 12.2. The lowest BCUT2D eigenvalue weighted by atomic mass is 9.98. The Kier molecular flexibility index (Phi) is 6.10. The molecule has 0 aromatic heterocycles. The van der Waals surface area contributed by atoms with Crippen molar-refractivity contribution < 1.29 is 19.4 Å². The van der Waals surface area contributed by atoms with Gasteiger partial charge in [-0.05, 0) is 31.0 Å². The highest BCUT2D eigenvalue weighted by Crippen LogP contribution is 2.27. The van der Waals surface area contributed by atoms with E-state index < -0.39 is 11.9 Å². The Hall–Kier alpha value is -1.95. The number of carbonyl (C=O) groups excluding carboxylic acids is 1. The Balaban J connectivity index is 1.85. The zero-order chi connectivity index (χ0) is 16.8. The third-order valence-corrected chi connectivity index (χ3v) is 4.17. The number of carboxylic acids is 1. The number of amides is 1. The molecule has 1 aliphatic heterocycles. The quantitative estimate of drug-likeness (QED) is 0.831. The van der Waals surface area contributed by atoms with Crippen LogP contribution in [0.3, 0.4) is 0 Å². The molecule has 0 bridgehead atoms. The van der Waals surface area contributed by atoms with Crippen molar-refractivity contribution in [3.05, 3.63) is 23.2 Å². The minimum Gasteiger partial charge on any atom is -0.495 e. The van der Waals surface area contributed by atoms with Crippen LogP contribution in [0, 0.1) is 5.92 Å². The van der Waals surface area contributed by atoms with Gasteiger partial charge in [-0.3, -0.25) is 9.59 Å². The topological polar surface area (TPSA) is 78.9 Å². The molecule has 2 rings (SSSR count). The molecule has 1 aromatic carbocycles. The third kappa shape index (κ3) is 4.76. The molecule has 0 radical (unpaired) electrons. The number of ether oxygens (including phenoxy) is 1. The molecule has 1 aliphatic rings. The Morgan fingerprint density at radius 1 is 1.48 bits per heavy atom. The number of methoxy groups -OCH3 is 1. The van der Waals surface area contributed by atoms with Gasteiger partial charge in [-0.1, -0.05) is 11.6 Å². The molecular formula is C16H21ClN2O4. The SMILES string of the molecule is COc1ccc(Cl)cc1NCCC(=O)N1CCCC(C(=O)O)C1. The van der Waals surface area contributed by atoms with Crippen LogP contribution < -0.4 is 10.1 Å². The number of benzene rings is 1. The summed E-state index contributed by atoms with van der Waals surface area (Å²) in [6, 6.07) is 5.23. The van der Waals surface area contributed by atoms with Gasteiger partial charge in [-0.25, -0.2) is 0 Å². The molecule has 2 N–H and O–H groups in total. The Labute approximate surface area is 140 Å². The first-order valence-corrected chi connectivity index (χ1v) is 7.97. The zero-order valence-corrected chi connectivity index (χ0v) is 13.8. The lowest BCUT2D eigenvalue weighted by Crippen LogP contribution is -2.42. The van der Waals surface area contributed by atoms with Crippen molar-refractivity contribution in [2.45, 2.75) is 19.3 Å². The number of carbonyl (C=O) groups is 2. The van der Waals surface area contributed by atoms with E-state index in [4.69, 9.17) is 21.4 Å². The molecule has 126 valence electrons. The summed E-state index contributed by atoms with van der Waals surface area (Å²) in [6.45, 7) is 1.36. The molecule has 1 aromatic rings. The summed E-state index contributed by atoms with van der Waals surface area (Å²) in [4.78, 5) is 24.9. The average molecular weight is 341 g/mol. The van der Waals surface area contributed by atoms with E-state index in [1.807, 2.05) is 0 Å². The number of hydrogen-bond acceptors (Lipinski definition) is 4. The second-order valence-electron chi connectivity index (χ2n) is 5.54. The first kappa shape index (κ1) is 17.4. The minimum atomic E-state index is -0.829.